The van der Waals surface area contributed by atoms with Gasteiger partial charge in [0.2, 0.25) is 0 Å². The van der Waals surface area contributed by atoms with E-state index in [1.54, 1.807) is 0 Å². The molecule has 0 saturated carbocycles. The van der Waals surface area contributed by atoms with Gasteiger partial charge in [0, 0.05) is 32.3 Å². The first-order valence-electron chi connectivity index (χ1n) is 7.20. The molecule has 0 saturated heterocycles. The molecule has 1 unspecified atom stereocenters. The van der Waals surface area contributed by atoms with Crippen LogP contribution in [0.15, 0.2) is 10.7 Å². The van der Waals surface area contributed by atoms with Crippen molar-refractivity contribution in [2.24, 2.45) is 19.9 Å². The minimum Gasteiger partial charge on any atom is -0.275 e. The van der Waals surface area contributed by atoms with Crippen LogP contribution in [-0.2, 0) is 33.4 Å². The monoisotopic (exact) mass is 354 g/mol. The van der Waals surface area contributed by atoms with Crippen molar-refractivity contribution in [3.05, 3.63) is 33.3 Å². The highest BCUT2D eigenvalue weighted by molar-refractivity contribution is 9.10. The molecule has 116 valence electrons. The topological polar surface area (TPSA) is 73.7 Å². The molecule has 2 aromatic heterocycles. The van der Waals surface area contributed by atoms with E-state index in [-0.39, 0.29) is 6.04 Å². The summed E-state index contributed by atoms with van der Waals surface area (Å²) in [7, 11) is 3.90. The van der Waals surface area contributed by atoms with Gasteiger partial charge in [0.1, 0.15) is 0 Å². The zero-order chi connectivity index (χ0) is 15.6. The Hall–Kier alpha value is -1.18. The van der Waals surface area contributed by atoms with Crippen LogP contribution in [0.3, 0.4) is 0 Å². The number of aryl methyl sites for hydroxylation is 4. The Bertz CT molecular complexity index is 615. The molecule has 0 radical (unpaired) electrons. The second kappa shape index (κ2) is 6.72. The summed E-state index contributed by atoms with van der Waals surface area (Å²) >= 11 is 3.66. The largest absolute Gasteiger partial charge is 0.275 e. The van der Waals surface area contributed by atoms with Gasteiger partial charge >= 0.3 is 0 Å². The van der Waals surface area contributed by atoms with Crippen molar-refractivity contribution in [1.82, 2.24) is 25.0 Å². The van der Waals surface area contributed by atoms with Gasteiger partial charge in [-0.05, 0) is 28.8 Å². The summed E-state index contributed by atoms with van der Waals surface area (Å²) in [5, 5.41) is 9.03. The standard InChI is InChI=1S/C14H23BrN6/c1-5-10-9(8-20(3)18-10)12(17-16)7-13-14(15)11(6-2)19-21(13)4/h8,12,17H,5-7,16H2,1-4H3. The van der Waals surface area contributed by atoms with Gasteiger partial charge in [-0.2, -0.15) is 10.2 Å². The van der Waals surface area contributed by atoms with Gasteiger partial charge in [0.05, 0.1) is 27.6 Å². The number of hydrogen-bond donors (Lipinski definition) is 2. The van der Waals surface area contributed by atoms with Crippen LogP contribution in [0.5, 0.6) is 0 Å². The number of hydrogen-bond acceptors (Lipinski definition) is 4. The Morgan fingerprint density at radius 3 is 2.43 bits per heavy atom. The predicted octanol–water partition coefficient (Wildman–Crippen LogP) is 1.79. The molecule has 1 atom stereocenters. The molecule has 0 aliphatic heterocycles. The minimum absolute atomic E-state index is 0.0186. The zero-order valence-electron chi connectivity index (χ0n) is 13.0. The van der Waals surface area contributed by atoms with Gasteiger partial charge in [0.15, 0.2) is 0 Å². The molecule has 2 aromatic rings. The maximum absolute atomic E-state index is 5.79. The van der Waals surface area contributed by atoms with Gasteiger partial charge in [-0.3, -0.25) is 20.6 Å². The van der Waals surface area contributed by atoms with Crippen LogP contribution in [-0.4, -0.2) is 19.6 Å². The molecular formula is C14H23BrN6. The minimum atomic E-state index is 0.0186. The molecule has 6 nitrogen and oxygen atoms in total. The maximum atomic E-state index is 5.79. The van der Waals surface area contributed by atoms with Gasteiger partial charge in [0.25, 0.3) is 0 Å². The van der Waals surface area contributed by atoms with Crippen LogP contribution in [0.1, 0.15) is 42.5 Å². The van der Waals surface area contributed by atoms with Crippen molar-refractivity contribution in [2.45, 2.75) is 39.2 Å². The zero-order valence-corrected chi connectivity index (χ0v) is 14.6. The highest BCUT2D eigenvalue weighted by Gasteiger charge is 2.21. The van der Waals surface area contributed by atoms with E-state index in [0.29, 0.717) is 0 Å². The summed E-state index contributed by atoms with van der Waals surface area (Å²) < 4.78 is 4.85. The number of nitrogens with two attached hydrogens (primary N) is 1. The third kappa shape index (κ3) is 3.20. The van der Waals surface area contributed by atoms with Crippen LogP contribution in [0.25, 0.3) is 0 Å². The van der Waals surface area contributed by atoms with Gasteiger partial charge in [-0.1, -0.05) is 13.8 Å². The van der Waals surface area contributed by atoms with Gasteiger partial charge in [-0.15, -0.1) is 0 Å². The lowest BCUT2D eigenvalue weighted by molar-refractivity contribution is 0.525. The van der Waals surface area contributed by atoms with Crippen molar-refractivity contribution in [1.29, 1.82) is 0 Å². The lowest BCUT2D eigenvalue weighted by Crippen LogP contribution is -2.30. The molecule has 21 heavy (non-hydrogen) atoms. The first-order chi connectivity index (χ1) is 10.0. The summed E-state index contributed by atoms with van der Waals surface area (Å²) in [5.74, 6) is 5.79. The van der Waals surface area contributed by atoms with Crippen LogP contribution >= 0.6 is 15.9 Å². The van der Waals surface area contributed by atoms with E-state index in [4.69, 9.17) is 5.84 Å². The van der Waals surface area contributed by atoms with E-state index in [1.807, 2.05) is 29.7 Å². The number of halogens is 1. The number of nitrogens with one attached hydrogen (secondary N) is 1. The van der Waals surface area contributed by atoms with E-state index in [9.17, 15) is 0 Å². The summed E-state index contributed by atoms with van der Waals surface area (Å²) in [4.78, 5) is 0. The molecule has 0 amide bonds. The quantitative estimate of drug-likeness (QED) is 0.612. The second-order valence-electron chi connectivity index (χ2n) is 5.17. The Morgan fingerprint density at radius 2 is 1.90 bits per heavy atom. The molecule has 0 aromatic carbocycles. The van der Waals surface area contributed by atoms with Crippen molar-refractivity contribution in [2.75, 3.05) is 0 Å². The summed E-state index contributed by atoms with van der Waals surface area (Å²) in [5.41, 5.74) is 7.36. The molecule has 2 heterocycles. The molecule has 0 bridgehead atoms. The summed E-state index contributed by atoms with van der Waals surface area (Å²) in [6, 6.07) is 0.0186. The average molecular weight is 355 g/mol. The Balaban J connectivity index is 2.33. The predicted molar refractivity (Wildman–Crippen MR) is 86.6 cm³/mol. The molecule has 0 aliphatic carbocycles. The molecule has 3 N–H and O–H groups in total. The number of nitrogens with zero attached hydrogens (tertiary/aromatic N) is 4. The second-order valence-corrected chi connectivity index (χ2v) is 5.96. The Kier molecular flexibility index (Phi) is 5.18. The lowest BCUT2D eigenvalue weighted by Gasteiger charge is -2.16. The van der Waals surface area contributed by atoms with Crippen LogP contribution in [0.4, 0.5) is 0 Å². The highest BCUT2D eigenvalue weighted by atomic mass is 79.9. The van der Waals surface area contributed by atoms with Crippen molar-refractivity contribution >= 4 is 15.9 Å². The van der Waals surface area contributed by atoms with Crippen molar-refractivity contribution in [3.8, 4) is 0 Å². The normalized spacial score (nSPS) is 12.9. The van der Waals surface area contributed by atoms with Gasteiger partial charge < -0.3 is 0 Å². The maximum Gasteiger partial charge on any atom is 0.0766 e. The molecule has 0 fully saturated rings. The third-order valence-corrected chi connectivity index (χ3v) is 4.66. The summed E-state index contributed by atoms with van der Waals surface area (Å²) in [6.45, 7) is 4.21. The lowest BCUT2D eigenvalue weighted by atomic mass is 10.0. The van der Waals surface area contributed by atoms with Crippen molar-refractivity contribution in [3.63, 3.8) is 0 Å². The summed E-state index contributed by atoms with van der Waals surface area (Å²) in [6.07, 6.45) is 4.59. The highest BCUT2D eigenvalue weighted by Crippen LogP contribution is 2.27. The smallest absolute Gasteiger partial charge is 0.0766 e. The van der Waals surface area contributed by atoms with Crippen LogP contribution in [0, 0.1) is 0 Å². The van der Waals surface area contributed by atoms with Crippen molar-refractivity contribution < 1.29 is 0 Å². The van der Waals surface area contributed by atoms with E-state index in [2.05, 4.69) is 45.4 Å². The fourth-order valence-electron chi connectivity index (χ4n) is 2.61. The van der Waals surface area contributed by atoms with Gasteiger partial charge in [-0.25, -0.2) is 0 Å². The van der Waals surface area contributed by atoms with E-state index in [1.165, 1.54) is 0 Å². The fourth-order valence-corrected chi connectivity index (χ4v) is 3.39. The third-order valence-electron chi connectivity index (χ3n) is 3.75. The van der Waals surface area contributed by atoms with E-state index < -0.39 is 0 Å². The van der Waals surface area contributed by atoms with Crippen LogP contribution < -0.4 is 11.3 Å². The Labute approximate surface area is 133 Å². The fraction of sp³-hybridized carbons (Fsp3) is 0.571. The number of aromatic nitrogens is 4. The molecule has 0 spiro atoms. The first-order valence-corrected chi connectivity index (χ1v) is 7.99. The average Bonchev–Trinajstić information content (AvgIpc) is 2.97. The SMILES string of the molecule is CCc1nn(C)cc1C(Cc1c(Br)c(CC)nn1C)NN. The molecular weight excluding hydrogens is 332 g/mol. The van der Waals surface area contributed by atoms with E-state index >= 15 is 0 Å². The molecule has 0 aliphatic rings. The molecule has 2 rings (SSSR count). The number of hydrazine groups is 1. The van der Waals surface area contributed by atoms with E-state index in [0.717, 1.165) is 46.4 Å². The number of rotatable bonds is 6. The van der Waals surface area contributed by atoms with Crippen LogP contribution in [0.2, 0.25) is 0 Å². The Morgan fingerprint density at radius 1 is 1.24 bits per heavy atom. The molecule has 7 heteroatoms. The first kappa shape index (κ1) is 16.2.